The first-order valence-electron chi connectivity index (χ1n) is 10.5. The Balaban J connectivity index is 0.00000281. The first-order chi connectivity index (χ1) is 15.9. The summed E-state index contributed by atoms with van der Waals surface area (Å²) in [5, 5.41) is 25.5. The minimum absolute atomic E-state index is 0.00422. The smallest absolute Gasteiger partial charge is 0.305 e. The predicted octanol–water partition coefficient (Wildman–Crippen LogP) is 3.04. The molecule has 0 radical (unpaired) electrons. The number of allylic oxidation sites excluding steroid dienone is 1. The number of anilines is 1. The van der Waals surface area contributed by atoms with Gasteiger partial charge in [0.1, 0.15) is 5.82 Å². The normalized spacial score (nSPS) is 12.4. The molecule has 0 spiro atoms. The van der Waals surface area contributed by atoms with Crippen LogP contribution in [0.25, 0.3) is 17.3 Å². The Labute approximate surface area is 199 Å². The number of carboxylic acids is 1. The van der Waals surface area contributed by atoms with E-state index in [-0.39, 0.29) is 24.7 Å². The summed E-state index contributed by atoms with van der Waals surface area (Å²) in [4.78, 5) is 19.6. The molecule has 0 saturated carbocycles. The van der Waals surface area contributed by atoms with E-state index in [4.69, 9.17) is 10.2 Å². The summed E-state index contributed by atoms with van der Waals surface area (Å²) < 4.78 is 38.6. The number of carbonyl (C=O) groups is 1. The van der Waals surface area contributed by atoms with Gasteiger partial charge in [0, 0.05) is 25.3 Å². The van der Waals surface area contributed by atoms with Gasteiger partial charge in [0.15, 0.2) is 0 Å². The lowest BCUT2D eigenvalue weighted by molar-refractivity contribution is -0.139. The van der Waals surface area contributed by atoms with Gasteiger partial charge in [0.25, 0.3) is 0 Å². The Hall–Kier alpha value is -2.89. The number of halogens is 1. The van der Waals surface area contributed by atoms with Crippen LogP contribution in [0, 0.1) is 5.82 Å². The summed E-state index contributed by atoms with van der Waals surface area (Å²) in [5.74, 6) is -1.56. The molecule has 1 heterocycles. The molecule has 188 valence electrons. The quantitative estimate of drug-likeness (QED) is 0.455. The molecule has 1 aromatic heterocycles. The van der Waals surface area contributed by atoms with Gasteiger partial charge in [-0.25, -0.2) is 27.1 Å². The van der Waals surface area contributed by atoms with E-state index in [0.29, 0.717) is 28.9 Å². The van der Waals surface area contributed by atoms with E-state index in [2.05, 4.69) is 9.97 Å². The van der Waals surface area contributed by atoms with Crippen LogP contribution in [0.4, 0.5) is 10.3 Å². The van der Waals surface area contributed by atoms with Crippen molar-refractivity contribution in [3.63, 3.8) is 0 Å². The van der Waals surface area contributed by atoms with Crippen molar-refractivity contribution >= 4 is 28.0 Å². The molecular weight excluding hydrogens is 465 g/mol. The van der Waals surface area contributed by atoms with Crippen LogP contribution >= 0.6 is 0 Å². The van der Waals surface area contributed by atoms with Crippen LogP contribution in [0.2, 0.25) is 0 Å². The van der Waals surface area contributed by atoms with Crippen LogP contribution < -0.4 is 4.31 Å². The van der Waals surface area contributed by atoms with Crippen LogP contribution in [0.15, 0.2) is 30.3 Å². The highest BCUT2D eigenvalue weighted by atomic mass is 32.2. The van der Waals surface area contributed by atoms with Crippen molar-refractivity contribution in [2.24, 2.45) is 0 Å². The fourth-order valence-electron chi connectivity index (χ4n) is 2.99. The predicted molar refractivity (Wildman–Crippen MR) is 129 cm³/mol. The average Bonchev–Trinajstić information content (AvgIpc) is 2.76. The fraction of sp³-hybridized carbons (Fsp3) is 0.435. The van der Waals surface area contributed by atoms with Crippen molar-refractivity contribution in [3.8, 4) is 11.3 Å². The van der Waals surface area contributed by atoms with E-state index < -0.39 is 27.9 Å². The zero-order valence-corrected chi connectivity index (χ0v) is 20.8. The number of hydrogen-bond acceptors (Lipinski definition) is 7. The molecule has 9 nitrogen and oxygen atoms in total. The number of rotatable bonds is 10. The lowest BCUT2D eigenvalue weighted by atomic mass is 9.97. The molecule has 0 fully saturated rings. The summed E-state index contributed by atoms with van der Waals surface area (Å²) in [6, 6.07) is 5.70. The van der Waals surface area contributed by atoms with Crippen molar-refractivity contribution in [1.82, 2.24) is 9.97 Å². The maximum atomic E-state index is 13.5. The summed E-state index contributed by atoms with van der Waals surface area (Å²) >= 11 is 0. The van der Waals surface area contributed by atoms with Gasteiger partial charge in [-0.1, -0.05) is 26.0 Å². The number of aliphatic hydroxyl groups excluding tert-OH is 2. The van der Waals surface area contributed by atoms with Gasteiger partial charge in [0.2, 0.25) is 16.0 Å². The van der Waals surface area contributed by atoms with Crippen molar-refractivity contribution < 1.29 is 32.9 Å². The summed E-state index contributed by atoms with van der Waals surface area (Å²) in [6.45, 7) is 3.82. The van der Waals surface area contributed by atoms with Gasteiger partial charge in [-0.3, -0.25) is 4.79 Å². The first-order valence-corrected chi connectivity index (χ1v) is 12.4. The molecule has 11 heteroatoms. The second-order valence-electron chi connectivity index (χ2n) is 7.79. The van der Waals surface area contributed by atoms with Crippen LogP contribution in [0.3, 0.4) is 0 Å². The largest absolute Gasteiger partial charge is 0.481 e. The molecule has 0 aliphatic carbocycles. The highest BCUT2D eigenvalue weighted by molar-refractivity contribution is 7.92. The fourth-order valence-corrected chi connectivity index (χ4v) is 3.37. The Morgan fingerprint density at radius 3 is 2.26 bits per heavy atom. The SMILES string of the molecule is CC(C)c1nc(N(C)S(C)(=O)=O)nc(-c2ccc(F)cc2)c1/C=C/CCC(O)CC(=O)O.CO. The van der Waals surface area contributed by atoms with E-state index in [1.807, 2.05) is 13.8 Å². The Morgan fingerprint density at radius 2 is 1.76 bits per heavy atom. The van der Waals surface area contributed by atoms with Gasteiger partial charge < -0.3 is 15.3 Å². The third-order valence-electron chi connectivity index (χ3n) is 4.77. The maximum Gasteiger partial charge on any atom is 0.305 e. The molecule has 2 aromatic rings. The van der Waals surface area contributed by atoms with E-state index in [1.165, 1.54) is 19.2 Å². The molecule has 0 amide bonds. The molecule has 0 aliphatic heterocycles. The maximum absolute atomic E-state index is 13.5. The number of carboxylic acid groups (broad SMARTS) is 1. The van der Waals surface area contributed by atoms with Gasteiger partial charge in [-0.15, -0.1) is 0 Å². The topological polar surface area (TPSA) is 141 Å². The van der Waals surface area contributed by atoms with Gasteiger partial charge in [-0.05, 0) is 43.0 Å². The molecule has 34 heavy (non-hydrogen) atoms. The molecule has 3 N–H and O–H groups in total. The van der Waals surface area contributed by atoms with Crippen molar-refractivity contribution in [2.45, 2.75) is 45.1 Å². The monoisotopic (exact) mass is 497 g/mol. The number of hydrogen-bond donors (Lipinski definition) is 3. The Bertz CT molecular complexity index is 1090. The van der Waals surface area contributed by atoms with Crippen LogP contribution in [-0.4, -0.2) is 66.2 Å². The number of aliphatic hydroxyl groups is 2. The van der Waals surface area contributed by atoms with Gasteiger partial charge in [0.05, 0.1) is 30.2 Å². The standard InChI is InChI=1S/C22H28FN3O5S.CH4O/c1-14(2)20-18(8-6-5-7-17(27)13-19(28)29)21(15-9-11-16(23)12-10-15)25-22(24-20)26(3)32(4,30)31;1-2/h6,8-12,14,17,27H,5,7,13H2,1-4H3,(H,28,29);2H,1H3/b8-6+;. The number of aromatic nitrogens is 2. The third kappa shape index (κ3) is 8.47. The lowest BCUT2D eigenvalue weighted by Crippen LogP contribution is -2.27. The van der Waals surface area contributed by atoms with Gasteiger partial charge >= 0.3 is 5.97 Å². The number of aliphatic carboxylic acids is 1. The summed E-state index contributed by atoms with van der Waals surface area (Å²) in [7, 11) is -1.24. The molecule has 1 aromatic carbocycles. The Kier molecular flexibility index (Phi) is 11.2. The first kappa shape index (κ1) is 29.1. The zero-order valence-electron chi connectivity index (χ0n) is 19.9. The summed E-state index contributed by atoms with van der Waals surface area (Å²) in [5.41, 5.74) is 2.28. The second-order valence-corrected chi connectivity index (χ2v) is 9.81. The average molecular weight is 498 g/mol. The number of sulfonamides is 1. The van der Waals surface area contributed by atoms with Gasteiger partial charge in [-0.2, -0.15) is 0 Å². The van der Waals surface area contributed by atoms with Crippen molar-refractivity contribution in [1.29, 1.82) is 0 Å². The van der Waals surface area contributed by atoms with E-state index >= 15 is 0 Å². The molecule has 0 bridgehead atoms. The minimum atomic E-state index is -3.60. The van der Waals surface area contributed by atoms with Crippen LogP contribution in [-0.2, 0) is 14.8 Å². The lowest BCUT2D eigenvalue weighted by Gasteiger charge is -2.20. The van der Waals surface area contributed by atoms with Crippen LogP contribution in [0.1, 0.15) is 50.3 Å². The number of benzene rings is 1. The second kappa shape index (κ2) is 13.1. The zero-order chi connectivity index (χ0) is 26.1. The molecule has 1 unspecified atom stereocenters. The van der Waals surface area contributed by atoms with E-state index in [9.17, 15) is 22.7 Å². The summed E-state index contributed by atoms with van der Waals surface area (Å²) in [6.07, 6.45) is 4.00. The third-order valence-corrected chi connectivity index (χ3v) is 5.93. The molecule has 1 atom stereocenters. The van der Waals surface area contributed by atoms with Crippen LogP contribution in [0.5, 0.6) is 0 Å². The van der Waals surface area contributed by atoms with Crippen molar-refractivity contribution in [2.75, 3.05) is 24.7 Å². The molecule has 0 aliphatic rings. The highest BCUT2D eigenvalue weighted by Crippen LogP contribution is 2.31. The number of nitrogens with zero attached hydrogens (tertiary/aromatic N) is 3. The minimum Gasteiger partial charge on any atom is -0.481 e. The van der Waals surface area contributed by atoms with E-state index in [1.54, 1.807) is 24.3 Å². The van der Waals surface area contributed by atoms with E-state index in [0.717, 1.165) is 17.7 Å². The Morgan fingerprint density at radius 1 is 1.18 bits per heavy atom. The molecule has 2 rings (SSSR count). The molecule has 0 saturated heterocycles. The van der Waals surface area contributed by atoms with Crippen molar-refractivity contribution in [3.05, 3.63) is 47.4 Å². The highest BCUT2D eigenvalue weighted by Gasteiger charge is 2.22. The molecular formula is C23H32FN3O6S.